The Bertz CT molecular complexity index is 2270. The van der Waals surface area contributed by atoms with Crippen molar-refractivity contribution in [3.05, 3.63) is 169 Å². The van der Waals surface area contributed by atoms with Crippen LogP contribution in [0.1, 0.15) is 25.0 Å². The molecule has 0 atom stereocenters. The summed E-state index contributed by atoms with van der Waals surface area (Å²) in [5.74, 6) is 3.41. The molecular formula is C45H32BNO2. The Hall–Kier alpha value is -6.00. The molecule has 49 heavy (non-hydrogen) atoms. The minimum atomic E-state index is -0.149. The van der Waals surface area contributed by atoms with Gasteiger partial charge in [0.05, 0.1) is 17.1 Å². The molecule has 7 aromatic carbocycles. The first-order valence-electron chi connectivity index (χ1n) is 17.0. The Morgan fingerprint density at radius 3 is 1.39 bits per heavy atom. The Labute approximate surface area is 287 Å². The lowest BCUT2D eigenvalue weighted by Crippen LogP contribution is -2.57. The van der Waals surface area contributed by atoms with Crippen molar-refractivity contribution in [2.75, 3.05) is 4.90 Å². The molecule has 0 saturated carbocycles. The van der Waals surface area contributed by atoms with Gasteiger partial charge in [-0.3, -0.25) is 0 Å². The van der Waals surface area contributed by atoms with E-state index >= 15 is 0 Å². The molecule has 7 aromatic rings. The van der Waals surface area contributed by atoms with Gasteiger partial charge < -0.3 is 14.4 Å². The first-order chi connectivity index (χ1) is 24.0. The first kappa shape index (κ1) is 28.1. The molecule has 0 fully saturated rings. The van der Waals surface area contributed by atoms with E-state index in [-0.39, 0.29) is 12.1 Å². The molecule has 0 aliphatic carbocycles. The van der Waals surface area contributed by atoms with Gasteiger partial charge in [0, 0.05) is 23.0 Å². The van der Waals surface area contributed by atoms with Gasteiger partial charge in [0.15, 0.2) is 0 Å². The van der Waals surface area contributed by atoms with Crippen LogP contribution in [0.4, 0.5) is 17.1 Å². The van der Waals surface area contributed by atoms with Gasteiger partial charge in [0.25, 0.3) is 6.71 Å². The SMILES string of the molecule is CC1(C)c2ccccc2N(c2cc3c4c(c2)Oc2cc(-c5ccccc5)ccc2B4c2ccc(-c4ccccc4)cc2O3)c2ccccc21. The summed E-state index contributed by atoms with van der Waals surface area (Å²) in [6.07, 6.45) is 0. The maximum atomic E-state index is 6.94. The normalized spacial score (nSPS) is 14.3. The average molecular weight is 630 g/mol. The molecule has 0 saturated heterocycles. The third-order valence-corrected chi connectivity index (χ3v) is 10.6. The molecule has 0 unspecified atom stereocenters. The van der Waals surface area contributed by atoms with Crippen LogP contribution in [0, 0.1) is 0 Å². The summed E-state index contributed by atoms with van der Waals surface area (Å²) in [4.78, 5) is 2.38. The third-order valence-electron chi connectivity index (χ3n) is 10.6. The second-order valence-electron chi connectivity index (χ2n) is 13.7. The fourth-order valence-electron chi connectivity index (χ4n) is 8.18. The lowest BCUT2D eigenvalue weighted by molar-refractivity contribution is 0.465. The summed E-state index contributed by atoms with van der Waals surface area (Å²) in [5, 5.41) is 0. The summed E-state index contributed by atoms with van der Waals surface area (Å²) < 4.78 is 13.9. The Kier molecular flexibility index (Phi) is 6.01. The van der Waals surface area contributed by atoms with E-state index in [0.29, 0.717) is 0 Å². The molecule has 0 radical (unpaired) electrons. The highest BCUT2D eigenvalue weighted by molar-refractivity contribution is 6.98. The predicted molar refractivity (Wildman–Crippen MR) is 202 cm³/mol. The predicted octanol–water partition coefficient (Wildman–Crippen LogP) is 9.86. The molecule has 232 valence electrons. The van der Waals surface area contributed by atoms with Crippen molar-refractivity contribution >= 4 is 40.2 Å². The van der Waals surface area contributed by atoms with Gasteiger partial charge in [-0.1, -0.05) is 135 Å². The van der Waals surface area contributed by atoms with Crippen molar-refractivity contribution in [1.82, 2.24) is 0 Å². The number of nitrogens with zero attached hydrogens (tertiary/aromatic N) is 1. The van der Waals surface area contributed by atoms with Crippen molar-refractivity contribution in [2.24, 2.45) is 0 Å². The van der Waals surface area contributed by atoms with E-state index in [0.717, 1.165) is 67.3 Å². The monoisotopic (exact) mass is 629 g/mol. The summed E-state index contributed by atoms with van der Waals surface area (Å²) in [5.41, 5.74) is 13.7. The lowest BCUT2D eigenvalue weighted by Gasteiger charge is -2.42. The van der Waals surface area contributed by atoms with Crippen LogP contribution < -0.4 is 30.8 Å². The van der Waals surface area contributed by atoms with Crippen LogP contribution in [0.3, 0.4) is 0 Å². The van der Waals surface area contributed by atoms with Gasteiger partial charge in [-0.05, 0) is 68.6 Å². The van der Waals surface area contributed by atoms with Gasteiger partial charge in [0.2, 0.25) is 0 Å². The fourth-order valence-corrected chi connectivity index (χ4v) is 8.18. The third kappa shape index (κ3) is 4.23. The zero-order chi connectivity index (χ0) is 32.7. The zero-order valence-electron chi connectivity index (χ0n) is 27.4. The van der Waals surface area contributed by atoms with Gasteiger partial charge in [-0.15, -0.1) is 0 Å². The number of anilines is 3. The minimum Gasteiger partial charge on any atom is -0.458 e. The first-order valence-corrected chi connectivity index (χ1v) is 17.0. The van der Waals surface area contributed by atoms with Crippen molar-refractivity contribution in [3.8, 4) is 45.3 Å². The van der Waals surface area contributed by atoms with Gasteiger partial charge in [-0.2, -0.15) is 0 Å². The van der Waals surface area contributed by atoms with Crippen LogP contribution in [-0.4, -0.2) is 6.71 Å². The second-order valence-corrected chi connectivity index (χ2v) is 13.7. The Balaban J connectivity index is 1.20. The standard InChI is InChI=1S/C45H32BNO2/c1-45(2)34-17-9-11-19-38(34)47(39-20-12-10-18-35(39)45)33-27-42-44-43(28-33)49-41-26-32(30-15-7-4-8-16-30)22-24-37(41)46(44)36-23-21-31(25-40(36)48-42)29-13-5-3-6-14-29/h3-28H,1-2H3. The average Bonchev–Trinajstić information content (AvgIpc) is 3.15. The van der Waals surface area contributed by atoms with E-state index < -0.39 is 0 Å². The maximum Gasteiger partial charge on any atom is 0.260 e. The number of rotatable bonds is 3. The number of para-hydroxylation sites is 2. The summed E-state index contributed by atoms with van der Waals surface area (Å²) in [7, 11) is 0. The van der Waals surface area contributed by atoms with Crippen molar-refractivity contribution in [2.45, 2.75) is 19.3 Å². The van der Waals surface area contributed by atoms with E-state index in [9.17, 15) is 0 Å². The van der Waals surface area contributed by atoms with Gasteiger partial charge >= 0.3 is 0 Å². The quantitative estimate of drug-likeness (QED) is 0.182. The topological polar surface area (TPSA) is 21.7 Å². The van der Waals surface area contributed by atoms with Crippen molar-refractivity contribution < 1.29 is 9.47 Å². The summed E-state index contributed by atoms with van der Waals surface area (Å²) in [6, 6.07) is 56.3. The van der Waals surface area contributed by atoms with Gasteiger partial charge in [-0.25, -0.2) is 0 Å². The maximum absolute atomic E-state index is 6.94. The molecule has 0 amide bonds. The minimum absolute atomic E-state index is 0.0268. The van der Waals surface area contributed by atoms with E-state index in [1.807, 2.05) is 0 Å². The molecule has 3 aliphatic rings. The van der Waals surface area contributed by atoms with E-state index in [2.05, 4.69) is 176 Å². The molecule has 3 nitrogen and oxygen atoms in total. The zero-order valence-corrected chi connectivity index (χ0v) is 27.4. The molecule has 10 rings (SSSR count). The second kappa shape index (κ2) is 10.5. The van der Waals surface area contributed by atoms with E-state index in [4.69, 9.17) is 9.47 Å². The van der Waals surface area contributed by atoms with E-state index in [1.165, 1.54) is 22.5 Å². The highest BCUT2D eigenvalue weighted by Crippen LogP contribution is 2.53. The number of ether oxygens (including phenoxy) is 2. The highest BCUT2D eigenvalue weighted by Gasteiger charge is 2.42. The largest absolute Gasteiger partial charge is 0.458 e. The van der Waals surface area contributed by atoms with Crippen LogP contribution in [0.15, 0.2) is 158 Å². The number of hydrogen-bond donors (Lipinski definition) is 0. The number of benzene rings is 7. The van der Waals surface area contributed by atoms with Crippen LogP contribution in [-0.2, 0) is 5.41 Å². The number of hydrogen-bond acceptors (Lipinski definition) is 3. The van der Waals surface area contributed by atoms with Crippen molar-refractivity contribution in [3.63, 3.8) is 0 Å². The van der Waals surface area contributed by atoms with Crippen LogP contribution >= 0.6 is 0 Å². The van der Waals surface area contributed by atoms with E-state index in [1.54, 1.807) is 0 Å². The van der Waals surface area contributed by atoms with Crippen LogP contribution in [0.25, 0.3) is 22.3 Å². The smallest absolute Gasteiger partial charge is 0.260 e. The summed E-state index contributed by atoms with van der Waals surface area (Å²) in [6.45, 7) is 4.61. The molecule has 0 bridgehead atoms. The highest BCUT2D eigenvalue weighted by atomic mass is 16.5. The summed E-state index contributed by atoms with van der Waals surface area (Å²) >= 11 is 0. The fraction of sp³-hybridized carbons (Fsp3) is 0.0667. The Morgan fingerprint density at radius 2 is 0.898 bits per heavy atom. The molecule has 0 spiro atoms. The molecular weight excluding hydrogens is 597 g/mol. The Morgan fingerprint density at radius 1 is 0.449 bits per heavy atom. The van der Waals surface area contributed by atoms with Gasteiger partial charge in [0.1, 0.15) is 23.0 Å². The van der Waals surface area contributed by atoms with Crippen LogP contribution in [0.5, 0.6) is 23.0 Å². The molecule has 3 heterocycles. The molecule has 3 aliphatic heterocycles. The van der Waals surface area contributed by atoms with Crippen LogP contribution in [0.2, 0.25) is 0 Å². The molecule has 0 N–H and O–H groups in total. The van der Waals surface area contributed by atoms with Crippen molar-refractivity contribution in [1.29, 1.82) is 0 Å². The molecule has 0 aromatic heterocycles. The lowest BCUT2D eigenvalue weighted by atomic mass is 9.34. The molecule has 4 heteroatoms. The number of fused-ring (bicyclic) bond motifs is 6.